The van der Waals surface area contributed by atoms with E-state index in [0.29, 0.717) is 0 Å². The molecule has 1 N–H and O–H groups in total. The molecule has 0 aromatic heterocycles. The van der Waals surface area contributed by atoms with Gasteiger partial charge in [-0.25, -0.2) is 14.1 Å². The van der Waals surface area contributed by atoms with Crippen molar-refractivity contribution in [3.8, 4) is 0 Å². The fraction of sp³-hybridized carbons (Fsp3) is 0.400. The SMILES string of the molecule is O=C1NC(=O)N(c2cccc(F)c2)C(=O)C1C1CCCC1. The van der Waals surface area contributed by atoms with Crippen LogP contribution in [0, 0.1) is 17.7 Å². The van der Waals surface area contributed by atoms with E-state index in [-0.39, 0.29) is 11.6 Å². The summed E-state index contributed by atoms with van der Waals surface area (Å²) in [6, 6.07) is 4.42. The molecule has 1 aliphatic heterocycles. The largest absolute Gasteiger partial charge is 0.335 e. The number of urea groups is 1. The summed E-state index contributed by atoms with van der Waals surface area (Å²) in [7, 11) is 0. The Bertz CT molecular complexity index is 611. The number of carbonyl (C=O) groups is 3. The summed E-state index contributed by atoms with van der Waals surface area (Å²) in [5.41, 5.74) is 0.146. The summed E-state index contributed by atoms with van der Waals surface area (Å²) < 4.78 is 13.3. The van der Waals surface area contributed by atoms with Gasteiger partial charge in [-0.1, -0.05) is 18.9 Å². The maximum Gasteiger partial charge on any atom is 0.335 e. The van der Waals surface area contributed by atoms with Gasteiger partial charge in [0.15, 0.2) is 0 Å². The predicted molar refractivity (Wildman–Crippen MR) is 72.9 cm³/mol. The van der Waals surface area contributed by atoms with Gasteiger partial charge in [0.25, 0.3) is 0 Å². The summed E-state index contributed by atoms with van der Waals surface area (Å²) in [4.78, 5) is 37.4. The Morgan fingerprint density at radius 2 is 1.86 bits per heavy atom. The van der Waals surface area contributed by atoms with Gasteiger partial charge in [0.1, 0.15) is 11.7 Å². The number of nitrogens with one attached hydrogen (secondary N) is 1. The maximum absolute atomic E-state index is 13.3. The average Bonchev–Trinajstić information content (AvgIpc) is 2.92. The van der Waals surface area contributed by atoms with E-state index in [9.17, 15) is 18.8 Å². The van der Waals surface area contributed by atoms with Gasteiger partial charge in [0.05, 0.1) is 5.69 Å². The van der Waals surface area contributed by atoms with Crippen LogP contribution in [0.2, 0.25) is 0 Å². The van der Waals surface area contributed by atoms with Crippen LogP contribution >= 0.6 is 0 Å². The zero-order chi connectivity index (χ0) is 15.0. The fourth-order valence-corrected chi connectivity index (χ4v) is 3.16. The Morgan fingerprint density at radius 3 is 2.52 bits per heavy atom. The van der Waals surface area contributed by atoms with E-state index in [1.807, 2.05) is 0 Å². The van der Waals surface area contributed by atoms with Crippen LogP contribution in [0.4, 0.5) is 14.9 Å². The molecule has 0 spiro atoms. The molecule has 1 saturated heterocycles. The number of hydrogen-bond acceptors (Lipinski definition) is 3. The van der Waals surface area contributed by atoms with Crippen molar-refractivity contribution in [2.24, 2.45) is 11.8 Å². The van der Waals surface area contributed by atoms with Crippen LogP contribution in [-0.4, -0.2) is 17.8 Å². The second kappa shape index (κ2) is 5.27. The van der Waals surface area contributed by atoms with Crippen LogP contribution in [0.15, 0.2) is 24.3 Å². The highest BCUT2D eigenvalue weighted by molar-refractivity contribution is 6.27. The smallest absolute Gasteiger partial charge is 0.277 e. The monoisotopic (exact) mass is 290 g/mol. The predicted octanol–water partition coefficient (Wildman–Crippen LogP) is 2.21. The molecule has 0 bridgehead atoms. The molecule has 2 aliphatic rings. The Hall–Kier alpha value is -2.24. The molecule has 5 nitrogen and oxygen atoms in total. The standard InChI is InChI=1S/C15H15FN2O3/c16-10-6-3-7-11(8-10)18-14(20)12(9-4-1-2-5-9)13(19)17-15(18)21/h3,6-9,12H,1-2,4-5H2,(H,17,19,21). The van der Waals surface area contributed by atoms with Gasteiger partial charge in [-0.3, -0.25) is 14.9 Å². The van der Waals surface area contributed by atoms with Gasteiger partial charge in [-0.05, 0) is 37.0 Å². The lowest BCUT2D eigenvalue weighted by Gasteiger charge is -2.32. The molecule has 2 fully saturated rings. The molecule has 3 rings (SSSR count). The number of benzene rings is 1. The van der Waals surface area contributed by atoms with Crippen LogP contribution in [0.25, 0.3) is 0 Å². The number of barbiturate groups is 1. The van der Waals surface area contributed by atoms with Gasteiger partial charge in [-0.15, -0.1) is 0 Å². The van der Waals surface area contributed by atoms with E-state index in [1.165, 1.54) is 18.2 Å². The quantitative estimate of drug-likeness (QED) is 0.849. The number of imide groups is 2. The molecule has 1 atom stereocenters. The first-order chi connectivity index (χ1) is 10.1. The minimum Gasteiger partial charge on any atom is -0.277 e. The topological polar surface area (TPSA) is 66.5 Å². The highest BCUT2D eigenvalue weighted by Gasteiger charge is 2.45. The van der Waals surface area contributed by atoms with Crippen LogP contribution in [0.5, 0.6) is 0 Å². The molecule has 1 unspecified atom stereocenters. The first-order valence-corrected chi connectivity index (χ1v) is 7.02. The number of nitrogens with zero attached hydrogens (tertiary/aromatic N) is 1. The highest BCUT2D eigenvalue weighted by atomic mass is 19.1. The lowest BCUT2D eigenvalue weighted by Crippen LogP contribution is -2.59. The van der Waals surface area contributed by atoms with Crippen molar-refractivity contribution in [2.75, 3.05) is 4.90 Å². The van der Waals surface area contributed by atoms with Gasteiger partial charge in [0, 0.05) is 0 Å². The molecule has 1 aromatic rings. The number of hydrogen-bond donors (Lipinski definition) is 1. The minimum absolute atomic E-state index is 0.0401. The first-order valence-electron chi connectivity index (χ1n) is 7.02. The summed E-state index contributed by atoms with van der Waals surface area (Å²) in [6.07, 6.45) is 3.56. The van der Waals surface area contributed by atoms with E-state index in [4.69, 9.17) is 0 Å². The summed E-state index contributed by atoms with van der Waals surface area (Å²) in [6.45, 7) is 0. The van der Waals surface area contributed by atoms with Crippen molar-refractivity contribution in [1.82, 2.24) is 5.32 Å². The number of anilines is 1. The van der Waals surface area contributed by atoms with Gasteiger partial charge >= 0.3 is 6.03 Å². The zero-order valence-electron chi connectivity index (χ0n) is 11.3. The van der Waals surface area contributed by atoms with Gasteiger partial charge in [-0.2, -0.15) is 0 Å². The molecule has 1 aromatic carbocycles. The molecule has 110 valence electrons. The summed E-state index contributed by atoms with van der Waals surface area (Å²) in [5, 5.41) is 2.21. The summed E-state index contributed by atoms with van der Waals surface area (Å²) in [5.74, 6) is -2.52. The van der Waals surface area contributed by atoms with Crippen LogP contribution in [0.1, 0.15) is 25.7 Å². The van der Waals surface area contributed by atoms with E-state index in [0.717, 1.165) is 36.6 Å². The Balaban J connectivity index is 1.94. The van der Waals surface area contributed by atoms with Gasteiger partial charge < -0.3 is 0 Å². The van der Waals surface area contributed by atoms with E-state index >= 15 is 0 Å². The van der Waals surface area contributed by atoms with Crippen molar-refractivity contribution >= 4 is 23.5 Å². The maximum atomic E-state index is 13.3. The lowest BCUT2D eigenvalue weighted by molar-refractivity contribution is -0.136. The van der Waals surface area contributed by atoms with Crippen molar-refractivity contribution in [3.05, 3.63) is 30.1 Å². The van der Waals surface area contributed by atoms with Gasteiger partial charge in [0.2, 0.25) is 11.8 Å². The summed E-state index contributed by atoms with van der Waals surface area (Å²) >= 11 is 0. The average molecular weight is 290 g/mol. The fourth-order valence-electron chi connectivity index (χ4n) is 3.16. The molecule has 0 radical (unpaired) electrons. The number of amides is 4. The van der Waals surface area contributed by atoms with Crippen molar-refractivity contribution in [3.63, 3.8) is 0 Å². The molecule has 6 heteroatoms. The van der Waals surface area contributed by atoms with Crippen molar-refractivity contribution < 1.29 is 18.8 Å². The number of halogens is 1. The Labute approximate surface area is 121 Å². The lowest BCUT2D eigenvalue weighted by atomic mass is 9.87. The minimum atomic E-state index is -0.853. The highest BCUT2D eigenvalue weighted by Crippen LogP contribution is 2.35. The van der Waals surface area contributed by atoms with Crippen LogP contribution in [0.3, 0.4) is 0 Å². The first kappa shape index (κ1) is 13.7. The molecule has 4 amide bonds. The molecular weight excluding hydrogens is 275 g/mol. The zero-order valence-corrected chi connectivity index (χ0v) is 11.3. The van der Waals surface area contributed by atoms with Crippen molar-refractivity contribution in [2.45, 2.75) is 25.7 Å². The Kier molecular flexibility index (Phi) is 3.45. The third-order valence-electron chi connectivity index (χ3n) is 4.14. The third-order valence-corrected chi connectivity index (χ3v) is 4.14. The molecule has 1 heterocycles. The van der Waals surface area contributed by atoms with E-state index in [2.05, 4.69) is 5.32 Å². The van der Waals surface area contributed by atoms with Crippen molar-refractivity contribution in [1.29, 1.82) is 0 Å². The third kappa shape index (κ3) is 2.41. The number of carbonyl (C=O) groups excluding carboxylic acids is 3. The molecule has 1 aliphatic carbocycles. The second-order valence-corrected chi connectivity index (χ2v) is 5.47. The number of rotatable bonds is 2. The van der Waals surface area contributed by atoms with E-state index < -0.39 is 29.6 Å². The molecule has 1 saturated carbocycles. The van der Waals surface area contributed by atoms with Crippen LogP contribution in [-0.2, 0) is 9.59 Å². The van der Waals surface area contributed by atoms with E-state index in [1.54, 1.807) is 0 Å². The normalized spacial score (nSPS) is 23.6. The second-order valence-electron chi connectivity index (χ2n) is 5.47. The molecular formula is C15H15FN2O3. The molecule has 21 heavy (non-hydrogen) atoms. The Morgan fingerprint density at radius 1 is 1.14 bits per heavy atom. The van der Waals surface area contributed by atoms with Crippen LogP contribution < -0.4 is 10.2 Å².